The number of carboxylic acids is 1. The van der Waals surface area contributed by atoms with Crippen LogP contribution in [0.2, 0.25) is 0 Å². The van der Waals surface area contributed by atoms with Crippen LogP contribution in [0.1, 0.15) is 40.5 Å². The minimum atomic E-state index is -1.21. The van der Waals surface area contributed by atoms with Gasteiger partial charge in [0.1, 0.15) is 0 Å². The molecule has 1 unspecified atom stereocenters. The van der Waals surface area contributed by atoms with E-state index in [0.717, 1.165) is 0 Å². The number of hydrogen-bond acceptors (Lipinski definition) is 3. The van der Waals surface area contributed by atoms with E-state index >= 15 is 0 Å². The largest absolute Gasteiger partial charge is 1.00 e. The fraction of sp³-hybridized carbons (Fsp3) is 0.818. The molecule has 5 heteroatoms. The molecule has 0 aliphatic rings. The first kappa shape index (κ1) is 18.3. The van der Waals surface area contributed by atoms with Crippen LogP contribution in [-0.4, -0.2) is 17.9 Å². The number of hydrogen-bond donors (Lipinski definition) is 1. The van der Waals surface area contributed by atoms with Crippen LogP contribution in [0, 0.1) is 11.8 Å². The van der Waals surface area contributed by atoms with Crippen LogP contribution in [0.4, 0.5) is 0 Å². The minimum absolute atomic E-state index is 0. The first-order chi connectivity index (χ1) is 6.88. The predicted octanol–water partition coefficient (Wildman–Crippen LogP) is -2.68. The van der Waals surface area contributed by atoms with E-state index in [2.05, 4.69) is 5.32 Å². The average Bonchev–Trinajstić information content (AvgIpc) is 2.14. The smallest absolute Gasteiger partial charge is 0.548 e. The second-order valence-corrected chi connectivity index (χ2v) is 4.32. The number of carbonyl (C=O) groups excluding carboxylic acids is 2. The molecule has 88 valence electrons. The summed E-state index contributed by atoms with van der Waals surface area (Å²) in [4.78, 5) is 22.2. The molecule has 0 aromatic rings. The summed E-state index contributed by atoms with van der Waals surface area (Å²) in [5.74, 6) is -1.36. The second kappa shape index (κ2) is 9.02. The maximum absolute atomic E-state index is 11.5. The fourth-order valence-corrected chi connectivity index (χ4v) is 1.18. The Morgan fingerprint density at radius 2 is 1.75 bits per heavy atom. The van der Waals surface area contributed by atoms with Gasteiger partial charge in [-0.2, -0.15) is 0 Å². The zero-order valence-corrected chi connectivity index (χ0v) is 12.9. The van der Waals surface area contributed by atoms with Crippen molar-refractivity contribution in [3.63, 3.8) is 0 Å². The van der Waals surface area contributed by atoms with Crippen LogP contribution in [0.3, 0.4) is 0 Å². The molecule has 0 aliphatic carbocycles. The predicted molar refractivity (Wildman–Crippen MR) is 55.8 cm³/mol. The van der Waals surface area contributed by atoms with E-state index in [1.165, 1.54) is 0 Å². The average molecular weight is 237 g/mol. The van der Waals surface area contributed by atoms with Gasteiger partial charge in [0.15, 0.2) is 0 Å². The molecule has 1 amide bonds. The van der Waals surface area contributed by atoms with Crippen molar-refractivity contribution < 1.29 is 44.3 Å². The van der Waals surface area contributed by atoms with Gasteiger partial charge in [0.25, 0.3) is 0 Å². The molecule has 0 spiro atoms. The summed E-state index contributed by atoms with van der Waals surface area (Å²) in [7, 11) is 0. The van der Waals surface area contributed by atoms with Crippen LogP contribution in [0.25, 0.3) is 0 Å². The molecule has 0 aromatic heterocycles. The summed E-state index contributed by atoms with van der Waals surface area (Å²) in [6, 6.07) is -0.869. The summed E-state index contributed by atoms with van der Waals surface area (Å²) >= 11 is 0. The molecule has 16 heavy (non-hydrogen) atoms. The molecule has 0 heterocycles. The van der Waals surface area contributed by atoms with Crippen LogP contribution in [-0.2, 0) is 9.59 Å². The van der Waals surface area contributed by atoms with Crippen molar-refractivity contribution in [2.75, 3.05) is 0 Å². The van der Waals surface area contributed by atoms with Gasteiger partial charge in [-0.05, 0) is 18.8 Å². The Morgan fingerprint density at radius 3 is 2.06 bits per heavy atom. The Labute approximate surface area is 119 Å². The quantitative estimate of drug-likeness (QED) is 0.512. The zero-order chi connectivity index (χ0) is 12.0. The summed E-state index contributed by atoms with van der Waals surface area (Å²) in [6.45, 7) is 7.48. The maximum Gasteiger partial charge on any atom is 1.00 e. The van der Waals surface area contributed by atoms with Gasteiger partial charge in [0, 0.05) is 5.92 Å². The van der Waals surface area contributed by atoms with Crippen molar-refractivity contribution in [1.29, 1.82) is 0 Å². The SMILES string of the molecule is CCC(C)C(=O)N[C@H](CC(C)C)C(=O)[O-].[Na+]. The van der Waals surface area contributed by atoms with Gasteiger partial charge in [-0.25, -0.2) is 0 Å². The van der Waals surface area contributed by atoms with E-state index < -0.39 is 12.0 Å². The van der Waals surface area contributed by atoms with Crippen molar-refractivity contribution in [2.24, 2.45) is 11.8 Å². The molecule has 0 fully saturated rings. The van der Waals surface area contributed by atoms with Crippen LogP contribution < -0.4 is 40.0 Å². The van der Waals surface area contributed by atoms with Gasteiger partial charge >= 0.3 is 29.6 Å². The summed E-state index contributed by atoms with van der Waals surface area (Å²) in [5, 5.41) is 13.3. The molecular formula is C11H20NNaO3. The molecule has 2 atom stereocenters. The summed E-state index contributed by atoms with van der Waals surface area (Å²) in [6.07, 6.45) is 1.11. The van der Waals surface area contributed by atoms with Gasteiger partial charge in [0.2, 0.25) is 5.91 Å². The Hall–Kier alpha value is -0.0600. The van der Waals surface area contributed by atoms with Gasteiger partial charge in [0.05, 0.1) is 12.0 Å². The Balaban J connectivity index is 0. The minimum Gasteiger partial charge on any atom is -0.548 e. The Kier molecular flexibility index (Phi) is 10.3. The first-order valence-electron chi connectivity index (χ1n) is 5.39. The number of carboxylic acid groups (broad SMARTS) is 1. The molecule has 1 N–H and O–H groups in total. The molecule has 0 aromatic carbocycles. The summed E-state index contributed by atoms with van der Waals surface area (Å²) in [5.41, 5.74) is 0. The fourth-order valence-electron chi connectivity index (χ4n) is 1.18. The van der Waals surface area contributed by atoms with Crippen molar-refractivity contribution >= 4 is 11.9 Å². The van der Waals surface area contributed by atoms with E-state index in [4.69, 9.17) is 0 Å². The van der Waals surface area contributed by atoms with Crippen LogP contribution in [0.15, 0.2) is 0 Å². The van der Waals surface area contributed by atoms with Crippen molar-refractivity contribution in [3.05, 3.63) is 0 Å². The molecule has 0 bridgehead atoms. The van der Waals surface area contributed by atoms with E-state index in [9.17, 15) is 14.7 Å². The third kappa shape index (κ3) is 7.25. The van der Waals surface area contributed by atoms with Gasteiger partial charge in [-0.1, -0.05) is 27.7 Å². The van der Waals surface area contributed by atoms with E-state index in [1.54, 1.807) is 6.92 Å². The number of aliphatic carboxylic acids is 1. The summed E-state index contributed by atoms with van der Waals surface area (Å²) < 4.78 is 0. The maximum atomic E-state index is 11.5. The molecule has 0 rings (SSSR count). The van der Waals surface area contributed by atoms with Crippen molar-refractivity contribution in [2.45, 2.75) is 46.6 Å². The van der Waals surface area contributed by atoms with Crippen molar-refractivity contribution in [3.8, 4) is 0 Å². The van der Waals surface area contributed by atoms with Crippen LogP contribution >= 0.6 is 0 Å². The Bertz CT molecular complexity index is 231. The second-order valence-electron chi connectivity index (χ2n) is 4.32. The molecule has 4 nitrogen and oxygen atoms in total. The third-order valence-electron chi connectivity index (χ3n) is 2.37. The van der Waals surface area contributed by atoms with E-state index in [0.29, 0.717) is 12.8 Å². The molecule has 0 radical (unpaired) electrons. The normalized spacial score (nSPS) is 13.8. The van der Waals surface area contributed by atoms with E-state index in [1.807, 2.05) is 20.8 Å². The Morgan fingerprint density at radius 1 is 1.25 bits per heavy atom. The standard InChI is InChI=1S/C11H21NO3.Na/c1-5-8(4)10(13)12-9(11(14)15)6-7(2)3;/h7-9H,5-6H2,1-4H3,(H,12,13)(H,14,15);/q;+1/p-1/t8?,9-;/m1./s1. The van der Waals surface area contributed by atoms with Gasteiger partial charge in [-0.3, -0.25) is 4.79 Å². The first-order valence-corrected chi connectivity index (χ1v) is 5.39. The molecule has 0 saturated carbocycles. The topological polar surface area (TPSA) is 69.2 Å². The monoisotopic (exact) mass is 237 g/mol. The van der Waals surface area contributed by atoms with Crippen LogP contribution in [0.5, 0.6) is 0 Å². The number of rotatable bonds is 6. The van der Waals surface area contributed by atoms with Crippen molar-refractivity contribution in [1.82, 2.24) is 5.32 Å². The van der Waals surface area contributed by atoms with Gasteiger partial charge in [-0.15, -0.1) is 0 Å². The number of carbonyl (C=O) groups is 2. The van der Waals surface area contributed by atoms with Gasteiger partial charge < -0.3 is 15.2 Å². The molecule has 0 aliphatic heterocycles. The number of nitrogens with one attached hydrogen (secondary N) is 1. The molecular weight excluding hydrogens is 217 g/mol. The number of amides is 1. The molecule has 0 saturated heterocycles. The third-order valence-corrected chi connectivity index (χ3v) is 2.37. The van der Waals surface area contributed by atoms with E-state index in [-0.39, 0.29) is 47.3 Å². The zero-order valence-electron chi connectivity index (χ0n) is 10.9.